The van der Waals surface area contributed by atoms with Crippen LogP contribution in [0.5, 0.6) is 0 Å². The number of primary amides is 1. The molecule has 3 aromatic rings. The van der Waals surface area contributed by atoms with Crippen LogP contribution in [0.25, 0.3) is 10.9 Å². The first-order valence-corrected chi connectivity index (χ1v) is 21.7. The molecule has 57 heavy (non-hydrogen) atoms. The molecule has 8 N–H and O–H groups in total. The number of benzene rings is 2. The fraction of sp³-hybridized carbons (Fsp3) is 0.459. The number of carbonyl (C=O) groups is 6. The first-order valence-electron chi connectivity index (χ1n) is 18.6. The molecule has 5 rings (SSSR count). The molecular formula is C37H48N7O11PS. The lowest BCUT2D eigenvalue weighted by Gasteiger charge is -2.38. The molecule has 0 aliphatic carbocycles. The maximum absolute atomic E-state index is 14.3. The third kappa shape index (κ3) is 10.1. The quantitative estimate of drug-likeness (QED) is 0.105. The van der Waals surface area contributed by atoms with Crippen LogP contribution in [-0.4, -0.2) is 117 Å². The zero-order valence-electron chi connectivity index (χ0n) is 31.8. The first kappa shape index (κ1) is 43.2. The van der Waals surface area contributed by atoms with Gasteiger partial charge in [0.05, 0.1) is 10.1 Å². The zero-order valence-corrected chi connectivity index (χ0v) is 33.5. The topological polar surface area (TPSA) is 278 Å². The standard InChI is InChI=1S/C37H48N7O11PS/c1-4-43-16-15-25-8-13-31(35(48)41-28(12-14-32(38)45)33(46)39-19-22-5-9-26(10-6-22)57(54,55)21(2)3)44(25)36(49)30(20-43)42-34(47)29-18-24-17-23(7-11-27(24)40-29)37(50)56(51,52)53/h5-7,9-11,17-18,21,25,28,30-31,40H,4,8,12-16,19-20H2,1-3H3,(H2,38,45)(H,39,46)(H,41,48)(H,42,47)(H2,51,52,53)/t25-,28+,30+,31+/m1/s1. The van der Waals surface area contributed by atoms with Gasteiger partial charge >= 0.3 is 7.60 Å². The van der Waals surface area contributed by atoms with Crippen molar-refractivity contribution in [2.24, 2.45) is 5.73 Å². The van der Waals surface area contributed by atoms with E-state index in [2.05, 4.69) is 20.9 Å². The Morgan fingerprint density at radius 2 is 1.72 bits per heavy atom. The van der Waals surface area contributed by atoms with Gasteiger partial charge < -0.3 is 46.3 Å². The van der Waals surface area contributed by atoms with E-state index in [0.29, 0.717) is 42.4 Å². The van der Waals surface area contributed by atoms with E-state index in [1.165, 1.54) is 41.3 Å². The van der Waals surface area contributed by atoms with Crippen LogP contribution in [-0.2, 0) is 40.1 Å². The summed E-state index contributed by atoms with van der Waals surface area (Å²) in [5, 5.41) is 7.93. The van der Waals surface area contributed by atoms with Gasteiger partial charge in [-0.3, -0.25) is 33.3 Å². The number of fused-ring (bicyclic) bond motifs is 2. The number of likely N-dealkylation sites (N-methyl/N-ethyl adjacent to an activating group) is 1. The SMILES string of the molecule is CCN1CC[C@H]2CC[C@@H](C(=O)N[C@@H](CCC(N)=O)C(=O)NCc3ccc(S(=O)(=O)C(C)C)cc3)N2C(=O)[C@@H](NC(=O)c2cc3cc(C(=O)P(=O)(O)O)ccc3[nH]2)C1. The summed E-state index contributed by atoms with van der Waals surface area (Å²) in [5.41, 5.74) is 4.80. The molecule has 308 valence electrons. The number of nitrogens with two attached hydrogens (primary N) is 1. The van der Waals surface area contributed by atoms with Crippen LogP contribution in [0.4, 0.5) is 0 Å². The maximum Gasteiger partial charge on any atom is 0.396 e. The predicted molar refractivity (Wildman–Crippen MR) is 207 cm³/mol. The molecule has 2 aromatic carbocycles. The summed E-state index contributed by atoms with van der Waals surface area (Å²) >= 11 is 0. The Morgan fingerprint density at radius 1 is 1.02 bits per heavy atom. The summed E-state index contributed by atoms with van der Waals surface area (Å²) in [7, 11) is -8.53. The zero-order chi connectivity index (χ0) is 41.8. The molecule has 2 saturated heterocycles. The highest BCUT2D eigenvalue weighted by Gasteiger charge is 2.45. The molecule has 2 fully saturated rings. The van der Waals surface area contributed by atoms with Crippen molar-refractivity contribution in [1.82, 2.24) is 30.7 Å². The van der Waals surface area contributed by atoms with Gasteiger partial charge in [-0.2, -0.15) is 0 Å². The number of rotatable bonds is 15. The number of sulfone groups is 1. The van der Waals surface area contributed by atoms with E-state index in [1.54, 1.807) is 26.0 Å². The van der Waals surface area contributed by atoms with E-state index in [4.69, 9.17) is 5.73 Å². The number of aromatic amines is 1. The second-order valence-electron chi connectivity index (χ2n) is 14.6. The van der Waals surface area contributed by atoms with Crippen molar-refractivity contribution in [3.05, 3.63) is 65.4 Å². The molecule has 5 amide bonds. The van der Waals surface area contributed by atoms with Crippen LogP contribution >= 0.6 is 7.60 Å². The summed E-state index contributed by atoms with van der Waals surface area (Å²) < 4.78 is 36.5. The molecule has 18 nitrogen and oxygen atoms in total. The van der Waals surface area contributed by atoms with Gasteiger partial charge in [-0.05, 0) is 88.0 Å². The van der Waals surface area contributed by atoms with Gasteiger partial charge in [-0.1, -0.05) is 19.1 Å². The molecule has 0 spiro atoms. The van der Waals surface area contributed by atoms with E-state index in [-0.39, 0.29) is 54.5 Å². The Hall–Kier alpha value is -4.94. The monoisotopic (exact) mass is 829 g/mol. The summed E-state index contributed by atoms with van der Waals surface area (Å²) in [4.78, 5) is 104. The van der Waals surface area contributed by atoms with Gasteiger partial charge in [0.15, 0.2) is 9.84 Å². The molecule has 2 aliphatic rings. The van der Waals surface area contributed by atoms with E-state index in [9.17, 15) is 51.5 Å². The second-order valence-corrected chi connectivity index (χ2v) is 18.6. The summed E-state index contributed by atoms with van der Waals surface area (Å²) in [6, 6.07) is 7.68. The van der Waals surface area contributed by atoms with Crippen LogP contribution in [0, 0.1) is 0 Å². The minimum atomic E-state index is -5.04. The lowest BCUT2D eigenvalue weighted by atomic mass is 10.1. The number of H-pyrrole nitrogens is 1. The van der Waals surface area contributed by atoms with Gasteiger partial charge in [0, 0.05) is 48.6 Å². The van der Waals surface area contributed by atoms with E-state index >= 15 is 0 Å². The van der Waals surface area contributed by atoms with Gasteiger partial charge in [0.2, 0.25) is 23.6 Å². The van der Waals surface area contributed by atoms with Gasteiger partial charge in [-0.15, -0.1) is 0 Å². The van der Waals surface area contributed by atoms with Crippen molar-refractivity contribution in [1.29, 1.82) is 0 Å². The van der Waals surface area contributed by atoms with Crippen molar-refractivity contribution in [3.8, 4) is 0 Å². The van der Waals surface area contributed by atoms with Crippen molar-refractivity contribution in [3.63, 3.8) is 0 Å². The van der Waals surface area contributed by atoms with Crippen molar-refractivity contribution >= 4 is 63.4 Å². The minimum absolute atomic E-state index is 0.00173. The lowest BCUT2D eigenvalue weighted by Crippen LogP contribution is -2.61. The van der Waals surface area contributed by atoms with Gasteiger partial charge in [0.25, 0.3) is 11.4 Å². The van der Waals surface area contributed by atoms with Gasteiger partial charge in [-0.25, -0.2) is 8.42 Å². The fourth-order valence-corrected chi connectivity index (χ4v) is 8.62. The first-order chi connectivity index (χ1) is 26.8. The molecule has 4 atom stereocenters. The largest absolute Gasteiger partial charge is 0.396 e. The van der Waals surface area contributed by atoms with Crippen molar-refractivity contribution in [2.45, 2.75) is 93.7 Å². The molecule has 0 saturated carbocycles. The Morgan fingerprint density at radius 3 is 2.35 bits per heavy atom. The average molecular weight is 830 g/mol. The number of aromatic nitrogens is 1. The summed E-state index contributed by atoms with van der Waals surface area (Å²) in [6.45, 7) is 6.36. The maximum atomic E-state index is 14.3. The molecule has 2 aliphatic heterocycles. The van der Waals surface area contributed by atoms with Crippen LogP contribution in [0.15, 0.2) is 53.4 Å². The molecule has 1 aromatic heterocycles. The van der Waals surface area contributed by atoms with E-state index in [0.717, 1.165) is 0 Å². The molecule has 0 bridgehead atoms. The normalized spacial score (nSPS) is 19.7. The smallest absolute Gasteiger partial charge is 0.370 e. The highest BCUT2D eigenvalue weighted by atomic mass is 32.2. The molecule has 0 radical (unpaired) electrons. The third-order valence-corrected chi connectivity index (χ3v) is 13.3. The van der Waals surface area contributed by atoms with Crippen LogP contribution in [0.3, 0.4) is 0 Å². The van der Waals surface area contributed by atoms with Gasteiger partial charge in [0.1, 0.15) is 23.8 Å². The van der Waals surface area contributed by atoms with E-state index in [1.807, 2.05) is 11.8 Å². The Kier molecular flexibility index (Phi) is 13.4. The Labute approximate surface area is 329 Å². The van der Waals surface area contributed by atoms with Crippen LogP contribution in [0.1, 0.15) is 79.3 Å². The second kappa shape index (κ2) is 17.7. The van der Waals surface area contributed by atoms with Crippen molar-refractivity contribution < 1.29 is 51.5 Å². The fourth-order valence-electron chi connectivity index (χ4n) is 7.09. The number of amides is 5. The average Bonchev–Trinajstić information content (AvgIpc) is 3.79. The molecular weight excluding hydrogens is 781 g/mol. The number of hydrogen-bond donors (Lipinski definition) is 7. The molecule has 3 heterocycles. The number of nitrogens with one attached hydrogen (secondary N) is 4. The number of nitrogens with zero attached hydrogens (tertiary/aromatic N) is 2. The van der Waals surface area contributed by atoms with Crippen molar-refractivity contribution in [2.75, 3.05) is 19.6 Å². The third-order valence-electron chi connectivity index (χ3n) is 10.4. The highest BCUT2D eigenvalue weighted by Crippen LogP contribution is 2.39. The lowest BCUT2D eigenvalue weighted by molar-refractivity contribution is -0.144. The molecule has 20 heteroatoms. The Bertz CT molecular complexity index is 2200. The number of hydrogen-bond acceptors (Lipinski definition) is 10. The summed E-state index contributed by atoms with van der Waals surface area (Å²) in [6.07, 6.45) is 0.992. The predicted octanol–water partition coefficient (Wildman–Crippen LogP) is 0.918. The Balaban J connectivity index is 1.31. The summed E-state index contributed by atoms with van der Waals surface area (Å²) in [5.74, 6) is -3.09. The van der Waals surface area contributed by atoms with E-state index < -0.39 is 75.9 Å². The van der Waals surface area contributed by atoms with Crippen LogP contribution < -0.4 is 21.7 Å². The highest BCUT2D eigenvalue weighted by molar-refractivity contribution is 7.92. The molecule has 0 unspecified atom stereocenters. The number of carbonyl (C=O) groups excluding carboxylic acids is 6. The van der Waals surface area contributed by atoms with Crippen LogP contribution in [0.2, 0.25) is 0 Å². The minimum Gasteiger partial charge on any atom is -0.370 e.